The van der Waals surface area contributed by atoms with E-state index >= 15 is 0 Å². The van der Waals surface area contributed by atoms with Crippen molar-refractivity contribution in [1.82, 2.24) is 10.2 Å². The molecule has 2 aromatic carbocycles. The van der Waals surface area contributed by atoms with Gasteiger partial charge in [-0.1, -0.05) is 29.8 Å². The third kappa shape index (κ3) is 5.37. The number of sulfonamides is 1. The Bertz CT molecular complexity index is 1250. The summed E-state index contributed by atoms with van der Waals surface area (Å²) >= 11 is 6.05. The van der Waals surface area contributed by atoms with Crippen molar-refractivity contribution < 1.29 is 22.4 Å². The number of likely N-dealkylation sites (tertiary alicyclic amines) is 1. The molecule has 0 spiro atoms. The number of benzene rings is 2. The number of hydrogen-bond acceptors (Lipinski definition) is 5. The van der Waals surface area contributed by atoms with Crippen LogP contribution in [0.2, 0.25) is 5.02 Å². The topological polar surface area (TPSA) is 109 Å². The number of halogens is 1. The second-order valence-corrected chi connectivity index (χ2v) is 9.72. The first kappa shape index (κ1) is 22.9. The van der Waals surface area contributed by atoms with E-state index in [1.54, 1.807) is 47.4 Å². The second-order valence-electron chi connectivity index (χ2n) is 7.63. The fourth-order valence-corrected chi connectivity index (χ4v) is 4.97. The molecule has 0 aliphatic carbocycles. The van der Waals surface area contributed by atoms with Gasteiger partial charge in [0.2, 0.25) is 0 Å². The molecule has 1 aliphatic rings. The number of carbonyl (C=O) groups excluding carboxylic acids is 2. The molecular formula is C23H22ClN3O5S. The first-order valence-electron chi connectivity index (χ1n) is 10.3. The number of hydrogen-bond donors (Lipinski definition) is 2. The van der Waals surface area contributed by atoms with Crippen LogP contribution in [0.3, 0.4) is 0 Å². The standard InChI is InChI=1S/C23H22ClN3O5S/c24-19-7-1-2-8-20(19)26-33(30,31)18-6-3-5-16(15-18)22(28)25-17-10-12-27(13-11-17)23(29)21-9-4-14-32-21/h1-9,14-15,17,26H,10-13H2,(H,25,28). The Morgan fingerprint density at radius 1 is 1.00 bits per heavy atom. The van der Waals surface area contributed by atoms with Gasteiger partial charge in [-0.15, -0.1) is 0 Å². The number of rotatable bonds is 6. The van der Waals surface area contributed by atoms with Crippen molar-refractivity contribution in [2.24, 2.45) is 0 Å². The third-order valence-electron chi connectivity index (χ3n) is 5.37. The highest BCUT2D eigenvalue weighted by molar-refractivity contribution is 7.92. The highest BCUT2D eigenvalue weighted by Gasteiger charge is 2.26. The Balaban J connectivity index is 1.38. The summed E-state index contributed by atoms with van der Waals surface area (Å²) in [6, 6.07) is 15.5. The number of anilines is 1. The van der Waals surface area contributed by atoms with Crippen molar-refractivity contribution >= 4 is 39.1 Å². The van der Waals surface area contributed by atoms with Gasteiger partial charge in [-0.2, -0.15) is 0 Å². The monoisotopic (exact) mass is 487 g/mol. The average Bonchev–Trinajstić information content (AvgIpc) is 3.36. The lowest BCUT2D eigenvalue weighted by Gasteiger charge is -2.31. The lowest BCUT2D eigenvalue weighted by molar-refractivity contribution is 0.0667. The van der Waals surface area contributed by atoms with Gasteiger partial charge in [-0.25, -0.2) is 8.42 Å². The summed E-state index contributed by atoms with van der Waals surface area (Å²) in [5, 5.41) is 3.20. The van der Waals surface area contributed by atoms with Gasteiger partial charge < -0.3 is 14.6 Å². The minimum Gasteiger partial charge on any atom is -0.459 e. The Kier molecular flexibility index (Phi) is 6.71. The van der Waals surface area contributed by atoms with E-state index in [9.17, 15) is 18.0 Å². The number of furan rings is 1. The first-order valence-corrected chi connectivity index (χ1v) is 12.2. The molecule has 1 aromatic heterocycles. The molecule has 10 heteroatoms. The molecule has 2 heterocycles. The number of nitrogens with one attached hydrogen (secondary N) is 2. The third-order valence-corrected chi connectivity index (χ3v) is 7.07. The molecule has 3 aromatic rings. The van der Waals surface area contributed by atoms with Crippen molar-refractivity contribution in [3.8, 4) is 0 Å². The fourth-order valence-electron chi connectivity index (χ4n) is 3.60. The van der Waals surface area contributed by atoms with Crippen molar-refractivity contribution in [3.05, 3.63) is 83.3 Å². The quantitative estimate of drug-likeness (QED) is 0.550. The van der Waals surface area contributed by atoms with Crippen molar-refractivity contribution in [2.45, 2.75) is 23.8 Å². The molecule has 4 rings (SSSR count). The van der Waals surface area contributed by atoms with E-state index in [0.717, 1.165) is 0 Å². The summed E-state index contributed by atoms with van der Waals surface area (Å²) < 4.78 is 33.1. The molecule has 0 atom stereocenters. The maximum absolute atomic E-state index is 12.8. The summed E-state index contributed by atoms with van der Waals surface area (Å²) in [5.41, 5.74) is 0.482. The molecule has 0 bridgehead atoms. The van der Waals surface area contributed by atoms with Crippen LogP contribution in [0.1, 0.15) is 33.8 Å². The molecule has 1 fully saturated rings. The van der Waals surface area contributed by atoms with E-state index in [2.05, 4.69) is 10.0 Å². The first-order chi connectivity index (χ1) is 15.8. The molecule has 2 N–H and O–H groups in total. The molecule has 1 aliphatic heterocycles. The van der Waals surface area contributed by atoms with E-state index in [1.807, 2.05) is 0 Å². The summed E-state index contributed by atoms with van der Waals surface area (Å²) in [6.45, 7) is 0.974. The van der Waals surface area contributed by atoms with Crippen molar-refractivity contribution in [3.63, 3.8) is 0 Å². The molecule has 0 unspecified atom stereocenters. The number of piperidine rings is 1. The minimum atomic E-state index is -3.93. The molecule has 172 valence electrons. The van der Waals surface area contributed by atoms with Crippen molar-refractivity contribution in [1.29, 1.82) is 0 Å². The largest absolute Gasteiger partial charge is 0.459 e. The molecule has 0 saturated carbocycles. The Hall–Kier alpha value is -3.30. The lowest BCUT2D eigenvalue weighted by Crippen LogP contribution is -2.46. The zero-order valence-corrected chi connectivity index (χ0v) is 19.1. The number of para-hydroxylation sites is 1. The summed E-state index contributed by atoms with van der Waals surface area (Å²) in [5.74, 6) is -0.254. The maximum Gasteiger partial charge on any atom is 0.289 e. The Morgan fingerprint density at radius 3 is 2.45 bits per heavy atom. The number of nitrogens with zero attached hydrogens (tertiary/aromatic N) is 1. The molecule has 8 nitrogen and oxygen atoms in total. The van der Waals surface area contributed by atoms with Gasteiger partial charge >= 0.3 is 0 Å². The fraction of sp³-hybridized carbons (Fsp3) is 0.217. The van der Waals surface area contributed by atoms with Gasteiger partial charge in [0.15, 0.2) is 5.76 Å². The van der Waals surface area contributed by atoms with Gasteiger partial charge in [0.1, 0.15) is 0 Å². The molecule has 0 radical (unpaired) electrons. The average molecular weight is 488 g/mol. The minimum absolute atomic E-state index is 0.0473. The Labute approximate surface area is 196 Å². The summed E-state index contributed by atoms with van der Waals surface area (Å²) in [7, 11) is -3.93. The SMILES string of the molecule is O=C(NC1CCN(C(=O)c2ccco2)CC1)c1cccc(S(=O)(=O)Nc2ccccc2Cl)c1. The predicted molar refractivity (Wildman–Crippen MR) is 124 cm³/mol. The molecule has 2 amide bonds. The van der Waals surface area contributed by atoms with Crippen LogP contribution in [0.5, 0.6) is 0 Å². The van der Waals surface area contributed by atoms with Crippen LogP contribution >= 0.6 is 11.6 Å². The highest BCUT2D eigenvalue weighted by Crippen LogP contribution is 2.24. The van der Waals surface area contributed by atoms with Gasteiger partial charge in [-0.05, 0) is 55.3 Å². The Morgan fingerprint density at radius 2 is 1.76 bits per heavy atom. The smallest absolute Gasteiger partial charge is 0.289 e. The van der Waals surface area contributed by atoms with Crippen LogP contribution in [0, 0.1) is 0 Å². The van der Waals surface area contributed by atoms with E-state index < -0.39 is 10.0 Å². The van der Waals surface area contributed by atoms with Crippen LogP contribution in [0.25, 0.3) is 0 Å². The predicted octanol–water partition coefficient (Wildman–Crippen LogP) is 3.77. The summed E-state index contributed by atoms with van der Waals surface area (Å²) in [4.78, 5) is 26.8. The van der Waals surface area contributed by atoms with Crippen LogP contribution in [0.15, 0.2) is 76.2 Å². The number of amides is 2. The van der Waals surface area contributed by atoms with Gasteiger partial charge in [0.25, 0.3) is 21.8 Å². The van der Waals surface area contributed by atoms with Crippen LogP contribution in [0.4, 0.5) is 5.69 Å². The highest BCUT2D eigenvalue weighted by atomic mass is 35.5. The van der Waals surface area contributed by atoms with E-state index in [4.69, 9.17) is 16.0 Å². The van der Waals surface area contributed by atoms with Crippen LogP contribution < -0.4 is 10.0 Å². The van der Waals surface area contributed by atoms with Gasteiger partial charge in [0, 0.05) is 24.7 Å². The lowest BCUT2D eigenvalue weighted by atomic mass is 10.0. The van der Waals surface area contributed by atoms with Crippen LogP contribution in [-0.2, 0) is 10.0 Å². The van der Waals surface area contributed by atoms with Gasteiger partial charge in [0.05, 0.1) is 21.9 Å². The second kappa shape index (κ2) is 9.68. The normalized spacial score (nSPS) is 14.6. The van der Waals surface area contributed by atoms with Crippen molar-refractivity contribution in [2.75, 3.05) is 17.8 Å². The zero-order valence-electron chi connectivity index (χ0n) is 17.5. The zero-order chi connectivity index (χ0) is 23.4. The number of carbonyl (C=O) groups is 2. The molecule has 33 heavy (non-hydrogen) atoms. The van der Waals surface area contributed by atoms with E-state index in [0.29, 0.717) is 31.7 Å². The maximum atomic E-state index is 12.8. The molecule has 1 saturated heterocycles. The van der Waals surface area contributed by atoms with E-state index in [-0.39, 0.29) is 39.0 Å². The molecular weight excluding hydrogens is 466 g/mol. The van der Waals surface area contributed by atoms with Crippen LogP contribution in [-0.4, -0.2) is 44.3 Å². The van der Waals surface area contributed by atoms with E-state index in [1.165, 1.54) is 24.5 Å². The van der Waals surface area contributed by atoms with Gasteiger partial charge in [-0.3, -0.25) is 14.3 Å². The summed E-state index contributed by atoms with van der Waals surface area (Å²) in [6.07, 6.45) is 2.63.